The molecule has 5 heteroatoms. The molecule has 0 bridgehead atoms. The Hall–Kier alpha value is -1.43. The van der Waals surface area contributed by atoms with Gasteiger partial charge in [-0.1, -0.05) is 12.1 Å². The molecule has 5 nitrogen and oxygen atoms in total. The van der Waals surface area contributed by atoms with Crippen LogP contribution in [0.3, 0.4) is 0 Å². The first-order chi connectivity index (χ1) is 11.9. The van der Waals surface area contributed by atoms with Crippen molar-refractivity contribution >= 4 is 5.91 Å². The Morgan fingerprint density at radius 3 is 2.80 bits per heavy atom. The lowest BCUT2D eigenvalue weighted by molar-refractivity contribution is 0.0714. The largest absolute Gasteiger partial charge is 0.390 e. The number of benzene rings is 1. The smallest absolute Gasteiger partial charge is 0.251 e. The van der Waals surface area contributed by atoms with E-state index in [2.05, 4.69) is 10.2 Å². The van der Waals surface area contributed by atoms with Crippen LogP contribution in [0, 0.1) is 0 Å². The van der Waals surface area contributed by atoms with Crippen LogP contribution in [0.5, 0.6) is 0 Å². The third-order valence-electron chi connectivity index (χ3n) is 5.19. The molecule has 0 unspecified atom stereocenters. The van der Waals surface area contributed by atoms with Crippen molar-refractivity contribution in [3.05, 3.63) is 35.4 Å². The van der Waals surface area contributed by atoms with E-state index in [1.54, 1.807) is 0 Å². The Morgan fingerprint density at radius 1 is 1.32 bits per heavy atom. The van der Waals surface area contributed by atoms with Gasteiger partial charge in [0, 0.05) is 5.56 Å². The molecule has 0 aliphatic carbocycles. The van der Waals surface area contributed by atoms with Crippen molar-refractivity contribution in [2.24, 2.45) is 0 Å². The van der Waals surface area contributed by atoms with Crippen LogP contribution in [-0.2, 0) is 11.2 Å². The molecule has 25 heavy (non-hydrogen) atoms. The Labute approximate surface area is 150 Å². The van der Waals surface area contributed by atoms with E-state index in [4.69, 9.17) is 4.74 Å². The van der Waals surface area contributed by atoms with Gasteiger partial charge in [-0.15, -0.1) is 0 Å². The van der Waals surface area contributed by atoms with Crippen LogP contribution in [0.25, 0.3) is 0 Å². The molecule has 3 rings (SSSR count). The first kappa shape index (κ1) is 18.4. The molecule has 2 N–H and O–H groups in total. The number of nitrogens with zero attached hydrogens (tertiary/aromatic N) is 1. The Balaban J connectivity index is 1.60. The van der Waals surface area contributed by atoms with Crippen molar-refractivity contribution in [2.45, 2.75) is 57.2 Å². The van der Waals surface area contributed by atoms with Crippen LogP contribution in [0.15, 0.2) is 24.3 Å². The first-order valence-electron chi connectivity index (χ1n) is 9.36. The molecule has 0 radical (unpaired) electrons. The molecule has 2 heterocycles. The summed E-state index contributed by atoms with van der Waals surface area (Å²) in [6.07, 6.45) is 3.90. The van der Waals surface area contributed by atoms with Crippen LogP contribution >= 0.6 is 0 Å². The van der Waals surface area contributed by atoms with Gasteiger partial charge in [0.15, 0.2) is 0 Å². The molecule has 1 aromatic carbocycles. The predicted octanol–water partition coefficient (Wildman–Crippen LogP) is 1.98. The number of carbonyl (C=O) groups is 1. The van der Waals surface area contributed by atoms with Crippen molar-refractivity contribution in [1.82, 2.24) is 10.2 Å². The number of likely N-dealkylation sites (tertiary alicyclic amines) is 1. The third kappa shape index (κ3) is 5.03. The van der Waals surface area contributed by atoms with Gasteiger partial charge < -0.3 is 15.2 Å². The summed E-state index contributed by atoms with van der Waals surface area (Å²) >= 11 is 0. The predicted molar refractivity (Wildman–Crippen MR) is 97.7 cm³/mol. The van der Waals surface area contributed by atoms with Gasteiger partial charge in [-0.2, -0.15) is 0 Å². The van der Waals surface area contributed by atoms with Gasteiger partial charge in [-0.3, -0.25) is 9.69 Å². The molecular weight excluding hydrogens is 316 g/mol. The molecule has 0 saturated carbocycles. The lowest BCUT2D eigenvalue weighted by atomic mass is 9.97. The van der Waals surface area contributed by atoms with Crippen LogP contribution in [0.2, 0.25) is 0 Å². The van der Waals surface area contributed by atoms with E-state index in [1.807, 2.05) is 38.1 Å². The number of amides is 1. The number of ether oxygens (including phenoxy) is 1. The lowest BCUT2D eigenvalue weighted by Crippen LogP contribution is -2.50. The van der Waals surface area contributed by atoms with Crippen molar-refractivity contribution in [2.75, 3.05) is 26.3 Å². The average Bonchev–Trinajstić information content (AvgIpc) is 3.23. The highest BCUT2D eigenvalue weighted by atomic mass is 16.5. The maximum atomic E-state index is 12.7. The zero-order valence-electron chi connectivity index (χ0n) is 15.3. The summed E-state index contributed by atoms with van der Waals surface area (Å²) in [5.41, 5.74) is 1.07. The fourth-order valence-corrected chi connectivity index (χ4v) is 3.68. The highest BCUT2D eigenvalue weighted by Gasteiger charge is 2.35. The van der Waals surface area contributed by atoms with Gasteiger partial charge in [-0.05, 0) is 70.3 Å². The average molecular weight is 346 g/mol. The maximum absolute atomic E-state index is 12.7. The summed E-state index contributed by atoms with van der Waals surface area (Å²) in [5.74, 6) is -0.0372. The summed E-state index contributed by atoms with van der Waals surface area (Å²) in [7, 11) is 0. The summed E-state index contributed by atoms with van der Waals surface area (Å²) in [6, 6.07) is 8.06. The van der Waals surface area contributed by atoms with E-state index < -0.39 is 5.60 Å². The number of hydrogen-bond acceptors (Lipinski definition) is 4. The van der Waals surface area contributed by atoms with Crippen LogP contribution in [0.4, 0.5) is 0 Å². The molecule has 2 fully saturated rings. The topological polar surface area (TPSA) is 61.8 Å². The molecule has 2 aliphatic heterocycles. The zero-order valence-corrected chi connectivity index (χ0v) is 15.3. The van der Waals surface area contributed by atoms with Gasteiger partial charge in [-0.25, -0.2) is 0 Å². The van der Waals surface area contributed by atoms with Gasteiger partial charge in [0.1, 0.15) is 0 Å². The minimum absolute atomic E-state index is 0.0372. The molecule has 2 saturated heterocycles. The van der Waals surface area contributed by atoms with Crippen molar-refractivity contribution in [3.63, 3.8) is 0 Å². The molecule has 138 valence electrons. The van der Waals surface area contributed by atoms with E-state index in [9.17, 15) is 9.90 Å². The number of carbonyl (C=O) groups excluding carboxylic acids is 1. The summed E-state index contributed by atoms with van der Waals surface area (Å²) in [6.45, 7) is 7.12. The van der Waals surface area contributed by atoms with E-state index in [0.717, 1.165) is 25.1 Å². The minimum atomic E-state index is -0.692. The highest BCUT2D eigenvalue weighted by molar-refractivity contribution is 5.94. The SMILES string of the molecule is CC(C)(O)CCc1cccc(C(=O)N[C@@H]2COC[C@H]2N2CCCC2)c1. The van der Waals surface area contributed by atoms with Gasteiger partial charge in [0.25, 0.3) is 5.91 Å². The molecule has 0 aromatic heterocycles. The monoisotopic (exact) mass is 346 g/mol. The Bertz CT molecular complexity index is 591. The van der Waals surface area contributed by atoms with E-state index in [0.29, 0.717) is 31.2 Å². The quantitative estimate of drug-likeness (QED) is 0.827. The summed E-state index contributed by atoms with van der Waals surface area (Å²) in [4.78, 5) is 15.1. The number of rotatable bonds is 6. The Morgan fingerprint density at radius 2 is 2.08 bits per heavy atom. The van der Waals surface area contributed by atoms with Crippen molar-refractivity contribution in [3.8, 4) is 0 Å². The summed E-state index contributed by atoms with van der Waals surface area (Å²) in [5, 5.41) is 13.0. The fourth-order valence-electron chi connectivity index (χ4n) is 3.68. The van der Waals surface area contributed by atoms with E-state index >= 15 is 0 Å². The standard InChI is InChI=1S/C20H30N2O3/c1-20(2,24)9-8-15-6-5-7-16(12-15)19(23)21-17-13-25-14-18(17)22-10-3-4-11-22/h5-7,12,17-18,24H,3-4,8-11,13-14H2,1-2H3,(H,21,23)/t17-,18-/m1/s1. The Kier molecular flexibility index (Phi) is 5.77. The molecular formula is C20H30N2O3. The van der Waals surface area contributed by atoms with Crippen molar-refractivity contribution < 1.29 is 14.6 Å². The zero-order chi connectivity index (χ0) is 17.9. The molecule has 0 spiro atoms. The van der Waals surface area contributed by atoms with Gasteiger partial charge >= 0.3 is 0 Å². The van der Waals surface area contributed by atoms with Gasteiger partial charge in [0.2, 0.25) is 0 Å². The van der Waals surface area contributed by atoms with Gasteiger partial charge in [0.05, 0.1) is 30.9 Å². The molecule has 1 amide bonds. The lowest BCUT2D eigenvalue weighted by Gasteiger charge is -2.28. The fraction of sp³-hybridized carbons (Fsp3) is 0.650. The summed E-state index contributed by atoms with van der Waals surface area (Å²) < 4.78 is 5.63. The van der Waals surface area contributed by atoms with Crippen molar-refractivity contribution in [1.29, 1.82) is 0 Å². The second-order valence-electron chi connectivity index (χ2n) is 7.94. The maximum Gasteiger partial charge on any atom is 0.251 e. The number of nitrogens with one attached hydrogen (secondary N) is 1. The molecule has 1 aromatic rings. The second kappa shape index (κ2) is 7.85. The minimum Gasteiger partial charge on any atom is -0.390 e. The second-order valence-corrected chi connectivity index (χ2v) is 7.94. The first-order valence-corrected chi connectivity index (χ1v) is 9.36. The number of aliphatic hydroxyl groups is 1. The van der Waals surface area contributed by atoms with E-state index in [-0.39, 0.29) is 11.9 Å². The molecule has 2 atom stereocenters. The number of hydrogen-bond donors (Lipinski definition) is 2. The van der Waals surface area contributed by atoms with Crippen LogP contribution in [-0.4, -0.2) is 59.9 Å². The molecule has 2 aliphatic rings. The van der Waals surface area contributed by atoms with Crippen LogP contribution < -0.4 is 5.32 Å². The van der Waals surface area contributed by atoms with Crippen LogP contribution in [0.1, 0.15) is 49.0 Å². The van der Waals surface area contributed by atoms with E-state index in [1.165, 1.54) is 12.8 Å². The highest BCUT2D eigenvalue weighted by Crippen LogP contribution is 2.20. The number of aryl methyl sites for hydroxylation is 1. The normalized spacial score (nSPS) is 24.6. The third-order valence-corrected chi connectivity index (χ3v) is 5.19.